The predicted molar refractivity (Wildman–Crippen MR) is 100 cm³/mol. The molecule has 124 valence electrons. The molecule has 0 radical (unpaired) electrons. The van der Waals surface area contributed by atoms with Gasteiger partial charge in [-0.25, -0.2) is 0 Å². The number of rotatable bonds is 1. The molecule has 1 N–H and O–H groups in total. The summed E-state index contributed by atoms with van der Waals surface area (Å²) in [5.74, 6) is 1.99. The van der Waals surface area contributed by atoms with Crippen LogP contribution in [0.4, 0.5) is 0 Å². The van der Waals surface area contributed by atoms with E-state index >= 15 is 0 Å². The van der Waals surface area contributed by atoms with E-state index in [1.807, 2.05) is 43.3 Å². The van der Waals surface area contributed by atoms with Crippen LogP contribution in [-0.2, 0) is 11.2 Å². The van der Waals surface area contributed by atoms with Gasteiger partial charge in [0.1, 0.15) is 0 Å². The summed E-state index contributed by atoms with van der Waals surface area (Å²) in [6, 6.07) is 15.6. The Morgan fingerprint density at radius 2 is 1.96 bits per heavy atom. The first-order valence-corrected chi connectivity index (χ1v) is 8.61. The molecule has 1 aliphatic rings. The van der Waals surface area contributed by atoms with E-state index in [0.717, 1.165) is 23.2 Å². The third-order valence-corrected chi connectivity index (χ3v) is 5.17. The van der Waals surface area contributed by atoms with Crippen molar-refractivity contribution in [2.45, 2.75) is 25.4 Å². The minimum atomic E-state index is -0.295. The van der Waals surface area contributed by atoms with E-state index in [9.17, 15) is 4.79 Å². The van der Waals surface area contributed by atoms with E-state index in [2.05, 4.69) is 23.0 Å². The molecule has 1 aliphatic heterocycles. The molecule has 2 aromatic carbocycles. The third-order valence-electron chi connectivity index (χ3n) is 4.92. The van der Waals surface area contributed by atoms with E-state index in [1.165, 1.54) is 10.9 Å². The van der Waals surface area contributed by atoms with Crippen LogP contribution in [0, 0.1) is 12.3 Å². The Morgan fingerprint density at radius 3 is 2.68 bits per heavy atom. The topological polar surface area (TPSA) is 36.1 Å². The van der Waals surface area contributed by atoms with Crippen molar-refractivity contribution >= 4 is 28.4 Å². The largest absolute Gasteiger partial charge is 0.356 e. The van der Waals surface area contributed by atoms with Gasteiger partial charge in [0.25, 0.3) is 5.91 Å². The van der Waals surface area contributed by atoms with Crippen LogP contribution in [0.2, 0.25) is 5.02 Å². The Balaban J connectivity index is 1.96. The molecule has 3 aromatic rings. The minimum absolute atomic E-state index is 0.0101. The highest BCUT2D eigenvalue weighted by atomic mass is 35.5. The molecule has 0 aliphatic carbocycles. The first-order valence-electron chi connectivity index (χ1n) is 8.24. The summed E-state index contributed by atoms with van der Waals surface area (Å²) in [5, 5.41) is 1.87. The molecule has 2 heterocycles. The average Bonchev–Trinajstić information content (AvgIpc) is 2.99. The van der Waals surface area contributed by atoms with Crippen molar-refractivity contribution in [2.24, 2.45) is 0 Å². The molecule has 0 unspecified atom stereocenters. The van der Waals surface area contributed by atoms with Gasteiger partial charge < -0.3 is 9.88 Å². The molecule has 0 saturated heterocycles. The van der Waals surface area contributed by atoms with E-state index in [-0.39, 0.29) is 18.0 Å². The number of fused-ring (bicyclic) bond motifs is 3. The Labute approximate surface area is 151 Å². The Kier molecular flexibility index (Phi) is 3.78. The van der Waals surface area contributed by atoms with Crippen molar-refractivity contribution < 1.29 is 4.79 Å². The van der Waals surface area contributed by atoms with Gasteiger partial charge in [0.05, 0.1) is 6.04 Å². The summed E-state index contributed by atoms with van der Waals surface area (Å²) >= 11 is 6.05. The number of hydrogen-bond donors (Lipinski definition) is 1. The highest BCUT2D eigenvalue weighted by Gasteiger charge is 2.37. The highest BCUT2D eigenvalue weighted by Crippen LogP contribution is 2.40. The number of carbonyl (C=O) groups is 1. The molecule has 0 spiro atoms. The molecule has 1 amide bonds. The second-order valence-corrected chi connectivity index (χ2v) is 6.86. The van der Waals surface area contributed by atoms with Gasteiger partial charge in [0.15, 0.2) is 0 Å². The lowest BCUT2D eigenvalue weighted by Crippen LogP contribution is -2.45. The lowest BCUT2D eigenvalue weighted by Gasteiger charge is -2.39. The molecular weight excluding hydrogens is 332 g/mol. The number of amides is 1. The van der Waals surface area contributed by atoms with Crippen LogP contribution in [0.15, 0.2) is 48.5 Å². The van der Waals surface area contributed by atoms with E-state index in [4.69, 9.17) is 18.0 Å². The van der Waals surface area contributed by atoms with E-state index in [1.54, 1.807) is 4.90 Å². The van der Waals surface area contributed by atoms with Crippen LogP contribution < -0.4 is 0 Å². The summed E-state index contributed by atoms with van der Waals surface area (Å²) in [5.41, 5.74) is 4.36. The van der Waals surface area contributed by atoms with Crippen LogP contribution in [0.3, 0.4) is 0 Å². The second-order valence-electron chi connectivity index (χ2n) is 6.43. The molecule has 25 heavy (non-hydrogen) atoms. The van der Waals surface area contributed by atoms with Crippen LogP contribution >= 0.6 is 11.6 Å². The van der Waals surface area contributed by atoms with Crippen LogP contribution in [0.1, 0.15) is 29.8 Å². The maximum atomic E-state index is 12.5. The van der Waals surface area contributed by atoms with Crippen molar-refractivity contribution in [1.82, 2.24) is 9.88 Å². The highest BCUT2D eigenvalue weighted by molar-refractivity contribution is 6.30. The van der Waals surface area contributed by atoms with Gasteiger partial charge in [0.2, 0.25) is 0 Å². The molecule has 4 rings (SSSR count). The van der Waals surface area contributed by atoms with Gasteiger partial charge in [-0.15, -0.1) is 6.42 Å². The lowest BCUT2D eigenvalue weighted by molar-refractivity contribution is -0.129. The van der Waals surface area contributed by atoms with E-state index < -0.39 is 0 Å². The molecule has 2 atom stereocenters. The number of halogens is 1. The van der Waals surface area contributed by atoms with Gasteiger partial charge in [-0.05, 0) is 48.6 Å². The number of terminal acetylenes is 1. The summed E-state index contributed by atoms with van der Waals surface area (Å²) < 4.78 is 0. The van der Waals surface area contributed by atoms with Crippen molar-refractivity contribution in [2.75, 3.05) is 0 Å². The Morgan fingerprint density at radius 1 is 1.24 bits per heavy atom. The van der Waals surface area contributed by atoms with Crippen LogP contribution in [-0.4, -0.2) is 21.8 Å². The van der Waals surface area contributed by atoms with Crippen molar-refractivity contribution in [3.8, 4) is 12.3 Å². The maximum absolute atomic E-state index is 12.5. The average molecular weight is 349 g/mol. The molecule has 0 bridgehead atoms. The van der Waals surface area contributed by atoms with Gasteiger partial charge in [-0.2, -0.15) is 0 Å². The first kappa shape index (κ1) is 15.8. The maximum Gasteiger partial charge on any atom is 0.299 e. The zero-order valence-electron chi connectivity index (χ0n) is 13.8. The Hall–Kier alpha value is -2.70. The fraction of sp³-hybridized carbons (Fsp3) is 0.190. The number of nitrogens with zero attached hydrogens (tertiary/aromatic N) is 1. The molecule has 1 aromatic heterocycles. The standard InChI is InChI=1S/C21H17ClN2O/c1-3-19(25)24-13(2)12-17-16-6-4-5-7-18(16)23-20(17)21(24)14-8-10-15(22)11-9-14/h1,4-11,13,21,23H,12H2,2H3/t13-,21-/m0/s1. The number of hydrogen-bond acceptors (Lipinski definition) is 1. The van der Waals surface area contributed by atoms with Crippen molar-refractivity contribution in [1.29, 1.82) is 0 Å². The molecule has 4 heteroatoms. The summed E-state index contributed by atoms with van der Waals surface area (Å²) in [6.45, 7) is 2.04. The smallest absolute Gasteiger partial charge is 0.299 e. The van der Waals surface area contributed by atoms with E-state index in [0.29, 0.717) is 5.02 Å². The van der Waals surface area contributed by atoms with Gasteiger partial charge in [-0.3, -0.25) is 4.79 Å². The van der Waals surface area contributed by atoms with Crippen molar-refractivity contribution in [3.63, 3.8) is 0 Å². The van der Waals surface area contributed by atoms with Gasteiger partial charge >= 0.3 is 0 Å². The Bertz CT molecular complexity index is 997. The number of aromatic nitrogens is 1. The number of benzene rings is 2. The minimum Gasteiger partial charge on any atom is -0.356 e. The number of carbonyl (C=O) groups excluding carboxylic acids is 1. The van der Waals surface area contributed by atoms with Crippen LogP contribution in [0.5, 0.6) is 0 Å². The molecule has 0 saturated carbocycles. The summed E-state index contributed by atoms with van der Waals surface area (Å²) in [4.78, 5) is 17.8. The zero-order chi connectivity index (χ0) is 17.6. The molecule has 3 nitrogen and oxygen atoms in total. The fourth-order valence-electron chi connectivity index (χ4n) is 3.83. The first-order chi connectivity index (χ1) is 12.1. The number of nitrogens with one attached hydrogen (secondary N) is 1. The SMILES string of the molecule is C#CC(=O)N1[C@@H](c2ccc(Cl)cc2)c2[nH]c3ccccc3c2C[C@@H]1C. The van der Waals surface area contributed by atoms with Gasteiger partial charge in [-0.1, -0.05) is 41.9 Å². The summed E-state index contributed by atoms with van der Waals surface area (Å²) in [6.07, 6.45) is 6.23. The molecular formula is C21H17ClN2O. The van der Waals surface area contributed by atoms with Crippen molar-refractivity contribution in [3.05, 3.63) is 70.4 Å². The monoisotopic (exact) mass is 348 g/mol. The number of H-pyrrole nitrogens is 1. The van der Waals surface area contributed by atoms with Gasteiger partial charge in [0, 0.05) is 27.7 Å². The van der Waals surface area contributed by atoms with Crippen LogP contribution in [0.25, 0.3) is 10.9 Å². The third kappa shape index (κ3) is 2.50. The quantitative estimate of drug-likeness (QED) is 0.653. The fourth-order valence-corrected chi connectivity index (χ4v) is 3.95. The lowest BCUT2D eigenvalue weighted by atomic mass is 9.88. The molecule has 0 fully saturated rings. The normalized spacial score (nSPS) is 19.5. The second kappa shape index (κ2) is 5.98. The summed E-state index contributed by atoms with van der Waals surface area (Å²) in [7, 11) is 0. The zero-order valence-corrected chi connectivity index (χ0v) is 14.5. The predicted octanol–water partition coefficient (Wildman–Crippen LogP) is 4.32. The number of aromatic amines is 1. The number of para-hydroxylation sites is 1.